The van der Waals surface area contributed by atoms with Gasteiger partial charge in [0.1, 0.15) is 6.10 Å². The second kappa shape index (κ2) is 5.34. The molecule has 140 valence electrons. The van der Waals surface area contributed by atoms with E-state index in [1.54, 1.807) is 6.92 Å². The van der Waals surface area contributed by atoms with Gasteiger partial charge in [-0.1, -0.05) is 33.3 Å². The zero-order valence-corrected chi connectivity index (χ0v) is 16.7. The van der Waals surface area contributed by atoms with Gasteiger partial charge in [0.15, 0.2) is 0 Å². The van der Waals surface area contributed by atoms with Gasteiger partial charge < -0.3 is 9.47 Å². The van der Waals surface area contributed by atoms with Gasteiger partial charge in [0.05, 0.1) is 11.7 Å². The third-order valence-corrected chi connectivity index (χ3v) is 8.19. The van der Waals surface area contributed by atoms with Crippen LogP contribution in [0.1, 0.15) is 73.6 Å². The lowest BCUT2D eigenvalue weighted by Gasteiger charge is -2.54. The van der Waals surface area contributed by atoms with E-state index >= 15 is 0 Å². The SMILES string of the molecule is CC(=O)O[C@@H]1C=C(C(C)C)[C@H]2[C@H]3CC[C@@]4(C)O[C@H]4C[C@@]3(C)CC[C@@]12C. The molecular formula is C22H34O3. The maximum absolute atomic E-state index is 11.7. The zero-order valence-electron chi connectivity index (χ0n) is 16.7. The molecule has 3 heteroatoms. The second-order valence-corrected chi connectivity index (χ2v) is 10.3. The first-order chi connectivity index (χ1) is 11.6. The third kappa shape index (κ3) is 2.52. The van der Waals surface area contributed by atoms with Crippen LogP contribution in [0.15, 0.2) is 11.6 Å². The van der Waals surface area contributed by atoms with Gasteiger partial charge in [-0.25, -0.2) is 0 Å². The molecule has 1 heterocycles. The highest BCUT2D eigenvalue weighted by atomic mass is 16.6. The Labute approximate surface area is 152 Å². The minimum absolute atomic E-state index is 0.0541. The fourth-order valence-electron chi connectivity index (χ4n) is 6.46. The van der Waals surface area contributed by atoms with Crippen molar-refractivity contribution in [3.8, 4) is 0 Å². The molecule has 0 N–H and O–H groups in total. The van der Waals surface area contributed by atoms with Crippen LogP contribution < -0.4 is 0 Å². The van der Waals surface area contributed by atoms with Crippen LogP contribution in [0.2, 0.25) is 0 Å². The quantitative estimate of drug-likeness (QED) is 0.406. The number of hydrogen-bond donors (Lipinski definition) is 0. The molecule has 0 aromatic heterocycles. The molecule has 0 aromatic carbocycles. The molecule has 4 rings (SSSR count). The van der Waals surface area contributed by atoms with E-state index in [-0.39, 0.29) is 23.1 Å². The summed E-state index contributed by atoms with van der Waals surface area (Å²) < 4.78 is 11.9. The van der Waals surface area contributed by atoms with Crippen LogP contribution in [0.25, 0.3) is 0 Å². The van der Waals surface area contributed by atoms with E-state index in [1.165, 1.54) is 31.3 Å². The van der Waals surface area contributed by atoms with Gasteiger partial charge in [-0.2, -0.15) is 0 Å². The predicted molar refractivity (Wildman–Crippen MR) is 98.0 cm³/mol. The highest BCUT2D eigenvalue weighted by Crippen LogP contribution is 2.67. The van der Waals surface area contributed by atoms with Crippen molar-refractivity contribution in [2.75, 3.05) is 0 Å². The summed E-state index contributed by atoms with van der Waals surface area (Å²) in [6.45, 7) is 13.3. The number of allylic oxidation sites excluding steroid dienone is 1. The summed E-state index contributed by atoms with van der Waals surface area (Å²) in [5.74, 6) is 1.57. The van der Waals surface area contributed by atoms with Crippen LogP contribution in [0, 0.1) is 28.6 Å². The van der Waals surface area contributed by atoms with Crippen molar-refractivity contribution in [2.45, 2.75) is 91.5 Å². The van der Waals surface area contributed by atoms with Crippen molar-refractivity contribution in [3.05, 3.63) is 11.6 Å². The third-order valence-electron chi connectivity index (χ3n) is 8.19. The van der Waals surface area contributed by atoms with Gasteiger partial charge in [0.25, 0.3) is 0 Å². The molecule has 7 atom stereocenters. The standard InChI is InChI=1S/C22H34O3/c1-13(2)15-11-17(24-14(3)23)21(5)10-9-20(4)12-18-22(6,25-18)8-7-16(20)19(15)21/h11,13,16-19H,7-10,12H2,1-6H3/t16-,17-,18+,19+,20-,21+,22-/m1/s1. The molecule has 0 unspecified atom stereocenters. The maximum Gasteiger partial charge on any atom is 0.303 e. The van der Waals surface area contributed by atoms with Gasteiger partial charge in [-0.3, -0.25) is 4.79 Å². The van der Waals surface area contributed by atoms with E-state index in [0.717, 1.165) is 6.42 Å². The molecule has 4 aliphatic rings. The molecule has 2 saturated carbocycles. The molecule has 0 radical (unpaired) electrons. The molecule has 25 heavy (non-hydrogen) atoms. The number of ether oxygens (including phenoxy) is 2. The van der Waals surface area contributed by atoms with E-state index in [0.29, 0.717) is 29.3 Å². The average molecular weight is 347 g/mol. The van der Waals surface area contributed by atoms with Crippen LogP contribution in [0.3, 0.4) is 0 Å². The van der Waals surface area contributed by atoms with Crippen LogP contribution in [0.5, 0.6) is 0 Å². The Morgan fingerprint density at radius 3 is 2.60 bits per heavy atom. The minimum atomic E-state index is -0.150. The highest BCUT2D eigenvalue weighted by molar-refractivity contribution is 5.66. The summed E-state index contributed by atoms with van der Waals surface area (Å²) in [7, 11) is 0. The molecule has 0 aromatic rings. The van der Waals surface area contributed by atoms with Gasteiger partial charge >= 0.3 is 5.97 Å². The molecule has 0 bridgehead atoms. The molecule has 0 amide bonds. The molecule has 0 spiro atoms. The fourth-order valence-corrected chi connectivity index (χ4v) is 6.46. The monoisotopic (exact) mass is 346 g/mol. The number of carbonyl (C=O) groups excluding carboxylic acids is 1. The first kappa shape index (κ1) is 17.6. The number of esters is 1. The first-order valence-electron chi connectivity index (χ1n) is 10.2. The molecule has 3 aliphatic carbocycles. The smallest absolute Gasteiger partial charge is 0.303 e. The summed E-state index contributed by atoms with van der Waals surface area (Å²) >= 11 is 0. The second-order valence-electron chi connectivity index (χ2n) is 10.3. The Bertz CT molecular complexity index is 623. The van der Waals surface area contributed by atoms with Crippen molar-refractivity contribution in [3.63, 3.8) is 0 Å². The van der Waals surface area contributed by atoms with Crippen LogP contribution in [-0.4, -0.2) is 23.8 Å². The van der Waals surface area contributed by atoms with E-state index in [9.17, 15) is 4.79 Å². The summed E-state index contributed by atoms with van der Waals surface area (Å²) in [5.41, 5.74) is 2.08. The van der Waals surface area contributed by atoms with Crippen LogP contribution in [-0.2, 0) is 14.3 Å². The van der Waals surface area contributed by atoms with Crippen LogP contribution >= 0.6 is 0 Å². The van der Waals surface area contributed by atoms with Crippen molar-refractivity contribution in [1.29, 1.82) is 0 Å². The van der Waals surface area contributed by atoms with Crippen molar-refractivity contribution < 1.29 is 14.3 Å². The van der Waals surface area contributed by atoms with Gasteiger partial charge in [-0.15, -0.1) is 0 Å². The number of epoxide rings is 1. The lowest BCUT2D eigenvalue weighted by Crippen LogP contribution is -2.50. The van der Waals surface area contributed by atoms with Crippen LogP contribution in [0.4, 0.5) is 0 Å². The summed E-state index contributed by atoms with van der Waals surface area (Å²) in [5, 5.41) is 0. The van der Waals surface area contributed by atoms with Crippen molar-refractivity contribution in [2.24, 2.45) is 28.6 Å². The Morgan fingerprint density at radius 2 is 1.96 bits per heavy atom. The minimum Gasteiger partial charge on any atom is -0.458 e. The molecule has 1 aliphatic heterocycles. The molecule has 1 saturated heterocycles. The Hall–Kier alpha value is -0.830. The molecule has 3 fully saturated rings. The zero-order chi connectivity index (χ0) is 18.2. The van der Waals surface area contributed by atoms with E-state index in [4.69, 9.17) is 9.47 Å². The van der Waals surface area contributed by atoms with E-state index in [2.05, 4.69) is 40.7 Å². The number of carbonyl (C=O) groups is 1. The number of fused-ring (bicyclic) bond motifs is 4. The Balaban J connectivity index is 1.71. The van der Waals surface area contributed by atoms with E-state index < -0.39 is 0 Å². The summed E-state index contributed by atoms with van der Waals surface area (Å²) in [6.07, 6.45) is 8.69. The Morgan fingerprint density at radius 1 is 1.24 bits per heavy atom. The normalized spacial score (nSPS) is 51.1. The maximum atomic E-state index is 11.7. The lowest BCUT2D eigenvalue weighted by atomic mass is 9.51. The van der Waals surface area contributed by atoms with E-state index in [1.807, 2.05) is 0 Å². The predicted octanol–water partition coefficient (Wildman–Crippen LogP) is 4.89. The summed E-state index contributed by atoms with van der Waals surface area (Å²) in [6, 6.07) is 0. The van der Waals surface area contributed by atoms with Gasteiger partial charge in [-0.05, 0) is 68.3 Å². The van der Waals surface area contributed by atoms with Crippen molar-refractivity contribution in [1.82, 2.24) is 0 Å². The molecular weight excluding hydrogens is 312 g/mol. The molecule has 3 nitrogen and oxygen atoms in total. The highest BCUT2D eigenvalue weighted by Gasteiger charge is 2.64. The van der Waals surface area contributed by atoms with Gasteiger partial charge in [0, 0.05) is 12.3 Å². The number of hydrogen-bond acceptors (Lipinski definition) is 3. The first-order valence-corrected chi connectivity index (χ1v) is 10.2. The lowest BCUT2D eigenvalue weighted by molar-refractivity contribution is -0.155. The topological polar surface area (TPSA) is 38.8 Å². The number of rotatable bonds is 2. The van der Waals surface area contributed by atoms with Gasteiger partial charge in [0.2, 0.25) is 0 Å². The average Bonchev–Trinajstić information content (AvgIpc) is 3.05. The largest absolute Gasteiger partial charge is 0.458 e. The fraction of sp³-hybridized carbons (Fsp3) is 0.864. The Kier molecular flexibility index (Phi) is 3.76. The van der Waals surface area contributed by atoms with Crippen molar-refractivity contribution >= 4 is 5.97 Å². The summed E-state index contributed by atoms with van der Waals surface area (Å²) in [4.78, 5) is 11.7.